The number of nitrogens with two attached hydrogens (primary N) is 2. The van der Waals surface area contributed by atoms with Crippen molar-refractivity contribution < 1.29 is 9.47 Å². The SMILES string of the molecule is CCC(C)(CC(C)N)OC(C)CC(C)(CC)OC(C)CN. The summed E-state index contributed by atoms with van der Waals surface area (Å²) in [6.07, 6.45) is 3.84. The fourth-order valence-electron chi connectivity index (χ4n) is 2.90. The van der Waals surface area contributed by atoms with Crippen LogP contribution in [0.25, 0.3) is 0 Å². The second kappa shape index (κ2) is 9.09. The normalized spacial score (nSPS) is 22.1. The average Bonchev–Trinajstić information content (AvgIpc) is 2.36. The molecular formula is C17H38N2O2. The summed E-state index contributed by atoms with van der Waals surface area (Å²) in [6, 6.07) is 0.147. The summed E-state index contributed by atoms with van der Waals surface area (Å²) in [5.41, 5.74) is 11.3. The van der Waals surface area contributed by atoms with Gasteiger partial charge in [-0.25, -0.2) is 0 Å². The van der Waals surface area contributed by atoms with Gasteiger partial charge in [0.1, 0.15) is 0 Å². The minimum Gasteiger partial charge on any atom is -0.372 e. The molecule has 0 bridgehead atoms. The molecule has 128 valence electrons. The van der Waals surface area contributed by atoms with Gasteiger partial charge in [-0.05, 0) is 53.9 Å². The highest BCUT2D eigenvalue weighted by atomic mass is 16.5. The van der Waals surface area contributed by atoms with Gasteiger partial charge in [-0.1, -0.05) is 13.8 Å². The van der Waals surface area contributed by atoms with Crippen molar-refractivity contribution >= 4 is 0 Å². The second-order valence-electron chi connectivity index (χ2n) is 7.09. The Morgan fingerprint density at radius 1 is 0.857 bits per heavy atom. The van der Waals surface area contributed by atoms with Crippen molar-refractivity contribution in [3.63, 3.8) is 0 Å². The first-order valence-corrected chi connectivity index (χ1v) is 8.41. The van der Waals surface area contributed by atoms with E-state index < -0.39 is 0 Å². The van der Waals surface area contributed by atoms with E-state index in [0.717, 1.165) is 25.7 Å². The zero-order chi connectivity index (χ0) is 16.7. The van der Waals surface area contributed by atoms with Crippen LogP contribution in [0.4, 0.5) is 0 Å². The van der Waals surface area contributed by atoms with Crippen LogP contribution in [0, 0.1) is 0 Å². The van der Waals surface area contributed by atoms with Crippen molar-refractivity contribution in [2.75, 3.05) is 6.54 Å². The molecule has 0 aliphatic rings. The molecule has 0 saturated heterocycles. The quantitative estimate of drug-likeness (QED) is 0.615. The Hall–Kier alpha value is -0.160. The molecule has 0 heterocycles. The van der Waals surface area contributed by atoms with Gasteiger partial charge >= 0.3 is 0 Å². The van der Waals surface area contributed by atoms with E-state index in [1.54, 1.807) is 0 Å². The Balaban J connectivity index is 4.65. The molecule has 0 aromatic rings. The lowest BCUT2D eigenvalue weighted by Crippen LogP contribution is -2.42. The summed E-state index contributed by atoms with van der Waals surface area (Å²) in [5.74, 6) is 0. The fourth-order valence-corrected chi connectivity index (χ4v) is 2.90. The van der Waals surface area contributed by atoms with Crippen LogP contribution in [0.2, 0.25) is 0 Å². The predicted octanol–water partition coefficient (Wildman–Crippen LogP) is 3.22. The molecular weight excluding hydrogens is 264 g/mol. The maximum Gasteiger partial charge on any atom is 0.0680 e. The first-order valence-electron chi connectivity index (χ1n) is 8.41. The fraction of sp³-hybridized carbons (Fsp3) is 1.00. The molecule has 0 fully saturated rings. The molecule has 5 atom stereocenters. The van der Waals surface area contributed by atoms with Crippen molar-refractivity contribution in [2.45, 2.75) is 104 Å². The summed E-state index contributed by atoms with van der Waals surface area (Å²) in [4.78, 5) is 0. The van der Waals surface area contributed by atoms with Crippen LogP contribution in [0.15, 0.2) is 0 Å². The molecule has 4 heteroatoms. The third-order valence-corrected chi connectivity index (χ3v) is 4.27. The topological polar surface area (TPSA) is 70.5 Å². The van der Waals surface area contributed by atoms with Crippen LogP contribution in [0.1, 0.15) is 74.1 Å². The largest absolute Gasteiger partial charge is 0.372 e. The Labute approximate surface area is 131 Å². The zero-order valence-electron chi connectivity index (χ0n) is 15.2. The van der Waals surface area contributed by atoms with Gasteiger partial charge in [-0.2, -0.15) is 0 Å². The molecule has 0 amide bonds. The van der Waals surface area contributed by atoms with Gasteiger partial charge in [0.15, 0.2) is 0 Å². The first-order chi connectivity index (χ1) is 9.59. The van der Waals surface area contributed by atoms with Gasteiger partial charge in [0.2, 0.25) is 0 Å². The molecule has 0 radical (unpaired) electrons. The van der Waals surface area contributed by atoms with E-state index in [1.165, 1.54) is 0 Å². The van der Waals surface area contributed by atoms with Crippen LogP contribution in [0.5, 0.6) is 0 Å². The monoisotopic (exact) mass is 302 g/mol. The standard InChI is InChI=1S/C17H38N2O2/c1-8-16(6,10-13(3)19)20-14(4)11-17(7,9-2)21-15(5)12-18/h13-15H,8-12,18-19H2,1-7H3. The van der Waals surface area contributed by atoms with Gasteiger partial charge < -0.3 is 20.9 Å². The summed E-state index contributed by atoms with van der Waals surface area (Å²) in [6.45, 7) is 15.3. The highest BCUT2D eigenvalue weighted by molar-refractivity contribution is 4.83. The molecule has 4 N–H and O–H groups in total. The minimum atomic E-state index is -0.193. The predicted molar refractivity (Wildman–Crippen MR) is 90.4 cm³/mol. The minimum absolute atomic E-state index is 0.0729. The van der Waals surface area contributed by atoms with Crippen LogP contribution in [0.3, 0.4) is 0 Å². The van der Waals surface area contributed by atoms with Crippen molar-refractivity contribution in [1.29, 1.82) is 0 Å². The van der Waals surface area contributed by atoms with Crippen molar-refractivity contribution in [1.82, 2.24) is 0 Å². The van der Waals surface area contributed by atoms with Crippen LogP contribution < -0.4 is 11.5 Å². The van der Waals surface area contributed by atoms with Gasteiger partial charge in [-0.3, -0.25) is 0 Å². The lowest BCUT2D eigenvalue weighted by molar-refractivity contribution is -0.138. The smallest absolute Gasteiger partial charge is 0.0680 e. The van der Waals surface area contributed by atoms with Gasteiger partial charge in [0.25, 0.3) is 0 Å². The van der Waals surface area contributed by atoms with E-state index in [9.17, 15) is 0 Å². The van der Waals surface area contributed by atoms with Crippen molar-refractivity contribution in [3.8, 4) is 0 Å². The van der Waals surface area contributed by atoms with Gasteiger partial charge in [0.05, 0.1) is 23.4 Å². The summed E-state index contributed by atoms with van der Waals surface area (Å²) >= 11 is 0. The van der Waals surface area contributed by atoms with E-state index in [1.807, 2.05) is 13.8 Å². The summed E-state index contributed by atoms with van der Waals surface area (Å²) in [5, 5.41) is 0. The number of rotatable bonds is 11. The van der Waals surface area contributed by atoms with E-state index >= 15 is 0 Å². The third kappa shape index (κ3) is 8.15. The Kier molecular flexibility index (Phi) is 9.02. The molecule has 21 heavy (non-hydrogen) atoms. The maximum absolute atomic E-state index is 6.32. The molecule has 0 aliphatic heterocycles. The van der Waals surface area contributed by atoms with Crippen molar-refractivity contribution in [3.05, 3.63) is 0 Å². The molecule has 4 nitrogen and oxygen atoms in total. The summed E-state index contributed by atoms with van der Waals surface area (Å²) in [7, 11) is 0. The van der Waals surface area contributed by atoms with Crippen LogP contribution in [-0.2, 0) is 9.47 Å². The molecule has 0 saturated carbocycles. The first kappa shape index (κ1) is 20.8. The zero-order valence-corrected chi connectivity index (χ0v) is 15.2. The lowest BCUT2D eigenvalue weighted by Gasteiger charge is -2.38. The van der Waals surface area contributed by atoms with E-state index in [2.05, 4.69) is 34.6 Å². The van der Waals surface area contributed by atoms with E-state index in [0.29, 0.717) is 6.54 Å². The number of hydrogen-bond donors (Lipinski definition) is 2. The van der Waals surface area contributed by atoms with Crippen LogP contribution >= 0.6 is 0 Å². The Bertz CT molecular complexity index is 286. The maximum atomic E-state index is 6.32. The van der Waals surface area contributed by atoms with Gasteiger partial charge in [0, 0.05) is 19.0 Å². The highest BCUT2D eigenvalue weighted by Crippen LogP contribution is 2.29. The molecule has 0 spiro atoms. The molecule has 0 aliphatic carbocycles. The Morgan fingerprint density at radius 2 is 1.29 bits per heavy atom. The third-order valence-electron chi connectivity index (χ3n) is 4.27. The summed E-state index contributed by atoms with van der Waals surface area (Å²) < 4.78 is 12.4. The van der Waals surface area contributed by atoms with Crippen LogP contribution in [-0.4, -0.2) is 36.0 Å². The average molecular weight is 303 g/mol. The van der Waals surface area contributed by atoms with E-state index in [4.69, 9.17) is 20.9 Å². The molecule has 0 aromatic heterocycles. The molecule has 5 unspecified atom stereocenters. The number of ether oxygens (including phenoxy) is 2. The second-order valence-corrected chi connectivity index (χ2v) is 7.09. The van der Waals surface area contributed by atoms with Gasteiger partial charge in [-0.15, -0.1) is 0 Å². The number of hydrogen-bond acceptors (Lipinski definition) is 4. The van der Waals surface area contributed by atoms with E-state index in [-0.39, 0.29) is 29.5 Å². The van der Waals surface area contributed by atoms with Crippen molar-refractivity contribution in [2.24, 2.45) is 11.5 Å². The highest BCUT2D eigenvalue weighted by Gasteiger charge is 2.32. The molecule has 0 aromatic carbocycles. The Morgan fingerprint density at radius 3 is 1.67 bits per heavy atom. The molecule has 0 rings (SSSR count). The lowest BCUT2D eigenvalue weighted by atomic mass is 9.92.